The van der Waals surface area contributed by atoms with Gasteiger partial charge in [-0.15, -0.1) is 0 Å². The maximum absolute atomic E-state index is 11.8. The molecule has 3 nitrogen and oxygen atoms in total. The van der Waals surface area contributed by atoms with Crippen LogP contribution < -0.4 is 4.74 Å². The summed E-state index contributed by atoms with van der Waals surface area (Å²) in [6, 6.07) is 7.90. The first kappa shape index (κ1) is 13.9. The molecule has 94 valence electrons. The Balaban J connectivity index is 2.73. The standard InChI is InChI=1S/C13H19NO2S/c1-10(14(2)13(15)9-17-4)11-5-7-12(16-3)8-6-11/h5-8,10H,9H2,1-4H3. The van der Waals surface area contributed by atoms with Crippen LogP contribution in [0.4, 0.5) is 0 Å². The smallest absolute Gasteiger partial charge is 0.232 e. The summed E-state index contributed by atoms with van der Waals surface area (Å²) in [7, 11) is 3.49. The minimum atomic E-state index is 0.0838. The third-order valence-electron chi connectivity index (χ3n) is 2.84. The van der Waals surface area contributed by atoms with Gasteiger partial charge >= 0.3 is 0 Å². The second-order valence-corrected chi connectivity index (χ2v) is 4.75. The molecule has 1 unspecified atom stereocenters. The van der Waals surface area contributed by atoms with Crippen molar-refractivity contribution in [2.45, 2.75) is 13.0 Å². The summed E-state index contributed by atoms with van der Waals surface area (Å²) in [6.45, 7) is 2.03. The SMILES string of the molecule is COc1ccc(C(C)N(C)C(=O)CSC)cc1. The molecule has 1 aromatic rings. The molecule has 0 radical (unpaired) electrons. The monoisotopic (exact) mass is 253 g/mol. The van der Waals surface area contributed by atoms with Crippen LogP contribution in [0.3, 0.4) is 0 Å². The largest absolute Gasteiger partial charge is 0.497 e. The molecular weight excluding hydrogens is 234 g/mol. The van der Waals surface area contributed by atoms with Crippen molar-refractivity contribution in [1.82, 2.24) is 4.90 Å². The Morgan fingerprint density at radius 3 is 2.47 bits per heavy atom. The molecule has 0 fully saturated rings. The van der Waals surface area contributed by atoms with E-state index in [9.17, 15) is 4.79 Å². The van der Waals surface area contributed by atoms with E-state index in [2.05, 4.69) is 0 Å². The number of carbonyl (C=O) groups excluding carboxylic acids is 1. The molecule has 1 aromatic carbocycles. The molecule has 0 saturated carbocycles. The van der Waals surface area contributed by atoms with Crippen molar-refractivity contribution in [2.24, 2.45) is 0 Å². The van der Waals surface area contributed by atoms with Gasteiger partial charge in [0.2, 0.25) is 5.91 Å². The average Bonchev–Trinajstić information content (AvgIpc) is 2.37. The first-order valence-corrected chi connectivity index (χ1v) is 6.88. The normalized spacial score (nSPS) is 12.0. The van der Waals surface area contributed by atoms with Crippen LogP contribution in [-0.2, 0) is 4.79 Å². The highest BCUT2D eigenvalue weighted by Crippen LogP contribution is 2.21. The van der Waals surface area contributed by atoms with Crippen LogP contribution in [-0.4, -0.2) is 37.0 Å². The lowest BCUT2D eigenvalue weighted by Gasteiger charge is -2.25. The fourth-order valence-corrected chi connectivity index (χ4v) is 2.00. The molecule has 1 rings (SSSR count). The van der Waals surface area contributed by atoms with Crippen LogP contribution >= 0.6 is 11.8 Å². The van der Waals surface area contributed by atoms with E-state index in [-0.39, 0.29) is 11.9 Å². The lowest BCUT2D eigenvalue weighted by Crippen LogP contribution is -2.30. The molecule has 0 aromatic heterocycles. The van der Waals surface area contributed by atoms with E-state index in [1.54, 1.807) is 23.8 Å². The second kappa shape index (κ2) is 6.55. The number of benzene rings is 1. The van der Waals surface area contributed by atoms with E-state index in [1.165, 1.54) is 0 Å². The van der Waals surface area contributed by atoms with E-state index < -0.39 is 0 Å². The summed E-state index contributed by atoms with van der Waals surface area (Å²) in [5.41, 5.74) is 1.11. The number of amides is 1. The molecule has 1 amide bonds. The quantitative estimate of drug-likeness (QED) is 0.807. The van der Waals surface area contributed by atoms with Gasteiger partial charge in [0.25, 0.3) is 0 Å². The summed E-state index contributed by atoms with van der Waals surface area (Å²) in [5, 5.41) is 0. The predicted octanol–water partition coefficient (Wildman–Crippen LogP) is 2.58. The topological polar surface area (TPSA) is 29.5 Å². The fourth-order valence-electron chi connectivity index (χ4n) is 1.55. The number of carbonyl (C=O) groups is 1. The molecule has 0 aliphatic heterocycles. The van der Waals surface area contributed by atoms with Crippen LogP contribution in [0.5, 0.6) is 5.75 Å². The Morgan fingerprint density at radius 2 is 2.00 bits per heavy atom. The summed E-state index contributed by atoms with van der Waals surface area (Å²) >= 11 is 1.55. The first-order valence-electron chi connectivity index (χ1n) is 5.48. The minimum absolute atomic E-state index is 0.0838. The predicted molar refractivity (Wildman–Crippen MR) is 72.6 cm³/mol. The van der Waals surface area contributed by atoms with E-state index in [0.717, 1.165) is 11.3 Å². The van der Waals surface area contributed by atoms with Crippen LogP contribution in [0.1, 0.15) is 18.5 Å². The van der Waals surface area contributed by atoms with E-state index in [1.807, 2.05) is 44.5 Å². The number of thioether (sulfide) groups is 1. The fraction of sp³-hybridized carbons (Fsp3) is 0.462. The van der Waals surface area contributed by atoms with Gasteiger partial charge in [-0.3, -0.25) is 4.79 Å². The van der Waals surface area contributed by atoms with Crippen molar-refractivity contribution in [3.8, 4) is 5.75 Å². The van der Waals surface area contributed by atoms with Gasteiger partial charge in [0, 0.05) is 7.05 Å². The van der Waals surface area contributed by atoms with E-state index in [4.69, 9.17) is 4.74 Å². The molecular formula is C13H19NO2S. The third-order valence-corrected chi connectivity index (χ3v) is 3.38. The van der Waals surface area contributed by atoms with Crippen molar-refractivity contribution >= 4 is 17.7 Å². The maximum atomic E-state index is 11.8. The number of ether oxygens (including phenoxy) is 1. The van der Waals surface area contributed by atoms with Gasteiger partial charge in [-0.05, 0) is 30.9 Å². The Morgan fingerprint density at radius 1 is 1.41 bits per heavy atom. The van der Waals surface area contributed by atoms with Gasteiger partial charge in [0.15, 0.2) is 0 Å². The van der Waals surface area contributed by atoms with Gasteiger partial charge in [-0.2, -0.15) is 11.8 Å². The molecule has 0 saturated heterocycles. The van der Waals surface area contributed by atoms with Crippen LogP contribution in [0, 0.1) is 0 Å². The molecule has 0 bridgehead atoms. The molecule has 0 N–H and O–H groups in total. The zero-order chi connectivity index (χ0) is 12.8. The highest BCUT2D eigenvalue weighted by atomic mass is 32.2. The third kappa shape index (κ3) is 3.66. The molecule has 0 aliphatic carbocycles. The lowest BCUT2D eigenvalue weighted by molar-refractivity contribution is -0.128. The number of methoxy groups -OCH3 is 1. The molecule has 1 atom stereocenters. The highest BCUT2D eigenvalue weighted by Gasteiger charge is 2.16. The highest BCUT2D eigenvalue weighted by molar-refractivity contribution is 7.99. The number of nitrogens with zero attached hydrogens (tertiary/aromatic N) is 1. The van der Waals surface area contributed by atoms with Crippen LogP contribution in [0.25, 0.3) is 0 Å². The molecule has 4 heteroatoms. The average molecular weight is 253 g/mol. The van der Waals surface area contributed by atoms with Gasteiger partial charge in [0.1, 0.15) is 5.75 Å². The van der Waals surface area contributed by atoms with Crippen molar-refractivity contribution in [2.75, 3.05) is 26.2 Å². The number of hydrogen-bond acceptors (Lipinski definition) is 3. The maximum Gasteiger partial charge on any atom is 0.232 e. The van der Waals surface area contributed by atoms with Crippen molar-refractivity contribution in [3.05, 3.63) is 29.8 Å². The summed E-state index contributed by atoms with van der Waals surface area (Å²) in [4.78, 5) is 13.5. The minimum Gasteiger partial charge on any atom is -0.497 e. The molecule has 0 spiro atoms. The Kier molecular flexibility index (Phi) is 5.35. The number of hydrogen-bond donors (Lipinski definition) is 0. The summed E-state index contributed by atoms with van der Waals surface area (Å²) in [6.07, 6.45) is 1.93. The van der Waals surface area contributed by atoms with Gasteiger partial charge in [-0.1, -0.05) is 12.1 Å². The summed E-state index contributed by atoms with van der Waals surface area (Å²) in [5.74, 6) is 1.51. The molecule has 17 heavy (non-hydrogen) atoms. The Hall–Kier alpha value is -1.16. The second-order valence-electron chi connectivity index (χ2n) is 3.89. The van der Waals surface area contributed by atoms with Crippen molar-refractivity contribution < 1.29 is 9.53 Å². The summed E-state index contributed by atoms with van der Waals surface area (Å²) < 4.78 is 5.11. The first-order chi connectivity index (χ1) is 8.10. The van der Waals surface area contributed by atoms with Crippen molar-refractivity contribution in [3.63, 3.8) is 0 Å². The van der Waals surface area contributed by atoms with Crippen LogP contribution in [0.2, 0.25) is 0 Å². The molecule has 0 aliphatic rings. The van der Waals surface area contributed by atoms with Gasteiger partial charge < -0.3 is 9.64 Å². The Bertz CT molecular complexity index is 364. The Labute approximate surface area is 107 Å². The zero-order valence-electron chi connectivity index (χ0n) is 10.8. The zero-order valence-corrected chi connectivity index (χ0v) is 11.6. The van der Waals surface area contributed by atoms with Gasteiger partial charge in [-0.25, -0.2) is 0 Å². The molecule has 0 heterocycles. The number of rotatable bonds is 5. The van der Waals surface area contributed by atoms with Crippen LogP contribution in [0.15, 0.2) is 24.3 Å². The van der Waals surface area contributed by atoms with E-state index in [0.29, 0.717) is 5.75 Å². The van der Waals surface area contributed by atoms with Crippen molar-refractivity contribution in [1.29, 1.82) is 0 Å². The van der Waals surface area contributed by atoms with Gasteiger partial charge in [0.05, 0.1) is 18.9 Å². The lowest BCUT2D eigenvalue weighted by atomic mass is 10.1. The van der Waals surface area contributed by atoms with E-state index >= 15 is 0 Å².